The Hall–Kier alpha value is -2.62. The molecule has 0 aliphatic carbocycles. The third-order valence-electron chi connectivity index (χ3n) is 3.81. The summed E-state index contributed by atoms with van der Waals surface area (Å²) in [6.45, 7) is 0.728. The molecular formula is C16H13N3O. The van der Waals surface area contributed by atoms with E-state index in [-0.39, 0.29) is 5.91 Å². The predicted molar refractivity (Wildman–Crippen MR) is 77.6 cm³/mol. The molecule has 0 radical (unpaired) electrons. The van der Waals surface area contributed by atoms with Crippen LogP contribution >= 0.6 is 0 Å². The molecule has 4 heteroatoms. The standard InChI is InChI=1S/C16H13N3O/c20-16-14-8-12(2-1-10(14)5-6-17-16)11-3-4-15-13(7-11)9-18-19-15/h1-4,7-9H,5-6H2,(H,17,20)(H,18,19). The van der Waals surface area contributed by atoms with Gasteiger partial charge < -0.3 is 5.32 Å². The van der Waals surface area contributed by atoms with Crippen LogP contribution in [0.4, 0.5) is 0 Å². The van der Waals surface area contributed by atoms with Gasteiger partial charge in [0.1, 0.15) is 0 Å². The maximum absolute atomic E-state index is 11.9. The third kappa shape index (κ3) is 1.69. The number of hydrogen-bond donors (Lipinski definition) is 2. The number of aromatic nitrogens is 2. The monoisotopic (exact) mass is 263 g/mol. The Morgan fingerprint density at radius 3 is 2.85 bits per heavy atom. The van der Waals surface area contributed by atoms with Crippen LogP contribution in [0.1, 0.15) is 15.9 Å². The molecule has 2 heterocycles. The Labute approximate surface area is 115 Å². The average molecular weight is 263 g/mol. The Balaban J connectivity index is 1.85. The van der Waals surface area contributed by atoms with Crippen LogP contribution in [0.3, 0.4) is 0 Å². The number of amides is 1. The van der Waals surface area contributed by atoms with Crippen molar-refractivity contribution >= 4 is 16.8 Å². The van der Waals surface area contributed by atoms with Crippen LogP contribution in [0.5, 0.6) is 0 Å². The van der Waals surface area contributed by atoms with Gasteiger partial charge >= 0.3 is 0 Å². The molecule has 2 N–H and O–H groups in total. The van der Waals surface area contributed by atoms with Gasteiger partial charge in [-0.15, -0.1) is 0 Å². The second-order valence-corrected chi connectivity index (χ2v) is 5.05. The van der Waals surface area contributed by atoms with E-state index in [1.54, 1.807) is 0 Å². The lowest BCUT2D eigenvalue weighted by Crippen LogP contribution is -2.31. The van der Waals surface area contributed by atoms with Crippen LogP contribution in [0.15, 0.2) is 42.6 Å². The van der Waals surface area contributed by atoms with Gasteiger partial charge in [-0.1, -0.05) is 18.2 Å². The SMILES string of the molecule is O=C1NCCc2ccc(-c3ccc4[nH]ncc4c3)cc21. The molecule has 1 aliphatic heterocycles. The summed E-state index contributed by atoms with van der Waals surface area (Å²) in [4.78, 5) is 11.9. The fourth-order valence-electron chi connectivity index (χ4n) is 2.71. The van der Waals surface area contributed by atoms with Gasteiger partial charge in [-0.3, -0.25) is 9.89 Å². The summed E-state index contributed by atoms with van der Waals surface area (Å²) in [5.41, 5.74) is 5.09. The van der Waals surface area contributed by atoms with Gasteiger partial charge in [0.2, 0.25) is 0 Å². The van der Waals surface area contributed by atoms with Gasteiger partial charge in [-0.2, -0.15) is 5.10 Å². The molecule has 1 aliphatic rings. The fraction of sp³-hybridized carbons (Fsp3) is 0.125. The molecule has 0 saturated carbocycles. The Morgan fingerprint density at radius 1 is 1.05 bits per heavy atom. The maximum atomic E-state index is 11.9. The van der Waals surface area contributed by atoms with Crippen molar-refractivity contribution in [2.75, 3.05) is 6.54 Å². The highest BCUT2D eigenvalue weighted by molar-refractivity contribution is 5.98. The molecule has 1 amide bonds. The number of carbonyl (C=O) groups excluding carboxylic acids is 1. The lowest BCUT2D eigenvalue weighted by molar-refractivity contribution is 0.0946. The first-order valence-electron chi connectivity index (χ1n) is 6.66. The molecule has 0 unspecified atom stereocenters. The zero-order valence-corrected chi connectivity index (χ0v) is 10.8. The van der Waals surface area contributed by atoms with E-state index in [1.807, 2.05) is 24.4 Å². The molecule has 0 fully saturated rings. The highest BCUT2D eigenvalue weighted by atomic mass is 16.1. The minimum atomic E-state index is 0.0255. The number of benzene rings is 2. The minimum absolute atomic E-state index is 0.0255. The van der Waals surface area contributed by atoms with E-state index >= 15 is 0 Å². The normalized spacial score (nSPS) is 14.1. The smallest absolute Gasteiger partial charge is 0.251 e. The molecule has 0 spiro atoms. The van der Waals surface area contributed by atoms with Crippen molar-refractivity contribution in [3.63, 3.8) is 0 Å². The number of aromatic amines is 1. The number of nitrogens with one attached hydrogen (secondary N) is 2. The minimum Gasteiger partial charge on any atom is -0.352 e. The first-order valence-corrected chi connectivity index (χ1v) is 6.66. The van der Waals surface area contributed by atoms with Crippen molar-refractivity contribution in [2.45, 2.75) is 6.42 Å². The lowest BCUT2D eigenvalue weighted by Gasteiger charge is -2.17. The topological polar surface area (TPSA) is 57.8 Å². The largest absolute Gasteiger partial charge is 0.352 e. The maximum Gasteiger partial charge on any atom is 0.251 e. The van der Waals surface area contributed by atoms with Crippen LogP contribution in [0.25, 0.3) is 22.0 Å². The number of nitrogens with zero attached hydrogens (tertiary/aromatic N) is 1. The molecule has 0 bridgehead atoms. The van der Waals surface area contributed by atoms with Crippen LogP contribution in [0, 0.1) is 0 Å². The van der Waals surface area contributed by atoms with E-state index in [0.717, 1.165) is 46.1 Å². The molecule has 20 heavy (non-hydrogen) atoms. The quantitative estimate of drug-likeness (QED) is 0.708. The Kier molecular flexibility index (Phi) is 2.36. The second kappa shape index (κ2) is 4.20. The molecule has 2 aromatic carbocycles. The van der Waals surface area contributed by atoms with E-state index in [9.17, 15) is 4.79 Å². The van der Waals surface area contributed by atoms with E-state index in [4.69, 9.17) is 0 Å². The summed E-state index contributed by atoms with van der Waals surface area (Å²) in [5, 5.41) is 10.9. The zero-order chi connectivity index (χ0) is 13.5. The van der Waals surface area contributed by atoms with E-state index < -0.39 is 0 Å². The van der Waals surface area contributed by atoms with Crippen LogP contribution in [0.2, 0.25) is 0 Å². The number of H-pyrrole nitrogens is 1. The van der Waals surface area contributed by atoms with Gasteiger partial charge in [-0.05, 0) is 41.3 Å². The fourth-order valence-corrected chi connectivity index (χ4v) is 2.71. The van der Waals surface area contributed by atoms with Gasteiger partial charge in [0.25, 0.3) is 5.91 Å². The number of carbonyl (C=O) groups is 1. The van der Waals surface area contributed by atoms with Crippen LogP contribution in [-0.2, 0) is 6.42 Å². The van der Waals surface area contributed by atoms with Crippen molar-refractivity contribution < 1.29 is 4.79 Å². The molecular weight excluding hydrogens is 250 g/mol. The summed E-state index contributed by atoms with van der Waals surface area (Å²) in [7, 11) is 0. The molecule has 0 saturated heterocycles. The molecule has 0 atom stereocenters. The van der Waals surface area contributed by atoms with Gasteiger partial charge in [-0.25, -0.2) is 0 Å². The summed E-state index contributed by atoms with van der Waals surface area (Å²) < 4.78 is 0. The zero-order valence-electron chi connectivity index (χ0n) is 10.8. The van der Waals surface area contributed by atoms with Crippen molar-refractivity contribution in [1.82, 2.24) is 15.5 Å². The lowest BCUT2D eigenvalue weighted by atomic mass is 9.95. The van der Waals surface area contributed by atoms with Crippen molar-refractivity contribution in [1.29, 1.82) is 0 Å². The van der Waals surface area contributed by atoms with E-state index in [1.165, 1.54) is 0 Å². The van der Waals surface area contributed by atoms with Gasteiger partial charge in [0.05, 0.1) is 11.7 Å². The van der Waals surface area contributed by atoms with Crippen molar-refractivity contribution in [3.8, 4) is 11.1 Å². The van der Waals surface area contributed by atoms with Crippen LogP contribution < -0.4 is 5.32 Å². The molecule has 4 rings (SSSR count). The van der Waals surface area contributed by atoms with Crippen molar-refractivity contribution in [3.05, 3.63) is 53.7 Å². The second-order valence-electron chi connectivity index (χ2n) is 5.05. The predicted octanol–water partition coefficient (Wildman–Crippen LogP) is 2.52. The first-order chi connectivity index (χ1) is 9.81. The van der Waals surface area contributed by atoms with Crippen LogP contribution in [-0.4, -0.2) is 22.6 Å². The number of fused-ring (bicyclic) bond motifs is 2. The summed E-state index contributed by atoms with van der Waals surface area (Å²) in [6.07, 6.45) is 2.71. The summed E-state index contributed by atoms with van der Waals surface area (Å²) in [6, 6.07) is 12.3. The van der Waals surface area contributed by atoms with Gasteiger partial charge in [0, 0.05) is 17.5 Å². The Morgan fingerprint density at radius 2 is 1.90 bits per heavy atom. The van der Waals surface area contributed by atoms with Crippen molar-refractivity contribution in [2.24, 2.45) is 0 Å². The Bertz CT molecular complexity index is 819. The average Bonchev–Trinajstić information content (AvgIpc) is 2.95. The highest BCUT2D eigenvalue weighted by Gasteiger charge is 2.17. The van der Waals surface area contributed by atoms with E-state index in [0.29, 0.717) is 0 Å². The molecule has 4 nitrogen and oxygen atoms in total. The molecule has 98 valence electrons. The van der Waals surface area contributed by atoms with E-state index in [2.05, 4.69) is 33.7 Å². The number of rotatable bonds is 1. The third-order valence-corrected chi connectivity index (χ3v) is 3.81. The molecule has 1 aromatic heterocycles. The first kappa shape index (κ1) is 11.2. The highest BCUT2D eigenvalue weighted by Crippen LogP contribution is 2.26. The summed E-state index contributed by atoms with van der Waals surface area (Å²) in [5.74, 6) is 0.0255. The molecule has 3 aromatic rings. The van der Waals surface area contributed by atoms with Gasteiger partial charge in [0.15, 0.2) is 0 Å². The number of hydrogen-bond acceptors (Lipinski definition) is 2. The summed E-state index contributed by atoms with van der Waals surface area (Å²) >= 11 is 0.